The maximum absolute atomic E-state index is 11.8. The molecule has 0 radical (unpaired) electrons. The zero-order valence-corrected chi connectivity index (χ0v) is 15.4. The van der Waals surface area contributed by atoms with E-state index in [-0.39, 0.29) is 17.6 Å². The summed E-state index contributed by atoms with van der Waals surface area (Å²) >= 11 is 0. The Morgan fingerprint density at radius 2 is 2.15 bits per heavy atom. The lowest BCUT2D eigenvalue weighted by Crippen LogP contribution is -2.30. The van der Waals surface area contributed by atoms with Crippen LogP contribution in [0.2, 0.25) is 0 Å². The molecule has 1 fully saturated rings. The molecule has 0 atom stereocenters. The first-order valence-corrected chi connectivity index (χ1v) is 10.6. The highest BCUT2D eigenvalue weighted by molar-refractivity contribution is 7.89. The third-order valence-electron chi connectivity index (χ3n) is 5.46. The lowest BCUT2D eigenvalue weighted by Gasteiger charge is -2.32. The molecule has 138 valence electrons. The van der Waals surface area contributed by atoms with E-state index in [1.165, 1.54) is 7.05 Å². The molecule has 0 amide bonds. The van der Waals surface area contributed by atoms with Gasteiger partial charge in [-0.25, -0.2) is 18.1 Å². The molecule has 7 nitrogen and oxygen atoms in total. The van der Waals surface area contributed by atoms with Crippen molar-refractivity contribution in [2.75, 3.05) is 12.8 Å². The van der Waals surface area contributed by atoms with Crippen LogP contribution in [0.5, 0.6) is 5.75 Å². The van der Waals surface area contributed by atoms with Crippen molar-refractivity contribution in [3.63, 3.8) is 0 Å². The fourth-order valence-corrected chi connectivity index (χ4v) is 5.27. The van der Waals surface area contributed by atoms with Gasteiger partial charge in [0.15, 0.2) is 0 Å². The van der Waals surface area contributed by atoms with Gasteiger partial charge in [0, 0.05) is 17.1 Å². The van der Waals surface area contributed by atoms with Crippen LogP contribution in [0.4, 0.5) is 0 Å². The maximum atomic E-state index is 11.8. The Morgan fingerprint density at radius 1 is 1.38 bits per heavy atom. The second-order valence-electron chi connectivity index (χ2n) is 7.07. The maximum Gasteiger partial charge on any atom is 0.552 e. The molecule has 9 heteroatoms. The summed E-state index contributed by atoms with van der Waals surface area (Å²) in [6.07, 6.45) is 7.01. The topological polar surface area (TPSA) is 104 Å². The van der Waals surface area contributed by atoms with Crippen molar-refractivity contribution < 1.29 is 18.1 Å². The fraction of sp³-hybridized carbons (Fsp3) is 0.471. The number of fused-ring (bicyclic) bond motifs is 3. The van der Waals surface area contributed by atoms with E-state index in [2.05, 4.69) is 14.7 Å². The van der Waals surface area contributed by atoms with E-state index >= 15 is 0 Å². The Bertz CT molecular complexity index is 948. The number of hydrogen-bond acceptors (Lipinski definition) is 5. The average molecular weight is 375 g/mol. The van der Waals surface area contributed by atoms with E-state index in [1.54, 1.807) is 12.2 Å². The van der Waals surface area contributed by atoms with E-state index < -0.39 is 17.1 Å². The van der Waals surface area contributed by atoms with Crippen LogP contribution in [-0.4, -0.2) is 43.3 Å². The molecule has 2 aromatic rings. The summed E-state index contributed by atoms with van der Waals surface area (Å²) in [5, 5.41) is 11.1. The molecule has 2 aromatic heterocycles. The van der Waals surface area contributed by atoms with E-state index in [0.717, 1.165) is 47.9 Å². The molecule has 3 heterocycles. The lowest BCUT2D eigenvalue weighted by molar-refractivity contribution is 0.336. The summed E-state index contributed by atoms with van der Waals surface area (Å²) in [4.78, 5) is 7.45. The van der Waals surface area contributed by atoms with Crippen LogP contribution in [0.15, 0.2) is 24.4 Å². The molecule has 3 N–H and O–H groups in total. The fourth-order valence-electron chi connectivity index (χ4n) is 4.15. The van der Waals surface area contributed by atoms with Crippen LogP contribution in [-0.2, 0) is 10.0 Å². The molecule has 1 saturated carbocycles. The van der Waals surface area contributed by atoms with Crippen LogP contribution >= 0.6 is 0 Å². The molecule has 0 aromatic carbocycles. The highest BCUT2D eigenvalue weighted by Crippen LogP contribution is 2.44. The van der Waals surface area contributed by atoms with Gasteiger partial charge < -0.3 is 14.7 Å². The SMILES string of the molecule is CNS(=O)(=O)CC1CCC(C2=CB(O)Oc3cnc4[nH]ccc4c32)CC1. The Balaban J connectivity index is 1.58. The van der Waals surface area contributed by atoms with Gasteiger partial charge in [0.1, 0.15) is 11.4 Å². The average Bonchev–Trinajstić information content (AvgIpc) is 3.10. The predicted octanol–water partition coefficient (Wildman–Crippen LogP) is 1.71. The number of H-pyrrole nitrogens is 1. The summed E-state index contributed by atoms with van der Waals surface area (Å²) in [6, 6.07) is 1.97. The molecule has 1 aliphatic heterocycles. The monoisotopic (exact) mass is 375 g/mol. The van der Waals surface area contributed by atoms with Crippen LogP contribution in [0.25, 0.3) is 16.6 Å². The minimum absolute atomic E-state index is 0.179. The van der Waals surface area contributed by atoms with Crippen molar-refractivity contribution in [3.05, 3.63) is 30.0 Å². The van der Waals surface area contributed by atoms with Crippen LogP contribution in [0.3, 0.4) is 0 Å². The predicted molar refractivity (Wildman–Crippen MR) is 101 cm³/mol. The first-order chi connectivity index (χ1) is 12.5. The zero-order chi connectivity index (χ0) is 18.3. The van der Waals surface area contributed by atoms with Gasteiger partial charge in [0.05, 0.1) is 11.9 Å². The van der Waals surface area contributed by atoms with Gasteiger partial charge in [-0.2, -0.15) is 0 Å². The van der Waals surface area contributed by atoms with E-state index in [0.29, 0.717) is 5.75 Å². The largest absolute Gasteiger partial charge is 0.552 e. The smallest absolute Gasteiger partial charge is 0.531 e. The van der Waals surface area contributed by atoms with Crippen molar-refractivity contribution in [3.8, 4) is 5.75 Å². The molecule has 0 saturated heterocycles. The molecular weight excluding hydrogens is 353 g/mol. The summed E-state index contributed by atoms with van der Waals surface area (Å²) in [7, 11) is -2.69. The molecule has 26 heavy (non-hydrogen) atoms. The van der Waals surface area contributed by atoms with Crippen LogP contribution < -0.4 is 9.38 Å². The number of pyridine rings is 1. The summed E-state index contributed by atoms with van der Waals surface area (Å²) in [5.41, 5.74) is 2.87. The normalized spacial score (nSPS) is 23.5. The van der Waals surface area contributed by atoms with Gasteiger partial charge in [-0.15, -0.1) is 0 Å². The van der Waals surface area contributed by atoms with Crippen molar-refractivity contribution in [2.24, 2.45) is 11.8 Å². The van der Waals surface area contributed by atoms with Gasteiger partial charge in [-0.05, 0) is 62.2 Å². The van der Waals surface area contributed by atoms with E-state index in [1.807, 2.05) is 12.3 Å². The molecule has 0 unspecified atom stereocenters. The molecule has 0 bridgehead atoms. The van der Waals surface area contributed by atoms with Gasteiger partial charge in [-0.1, -0.05) is 0 Å². The molecule has 2 aliphatic rings. The minimum atomic E-state index is -3.18. The zero-order valence-electron chi connectivity index (χ0n) is 14.6. The molecule has 0 spiro atoms. The Hall–Kier alpha value is -1.84. The number of nitrogens with zero attached hydrogens (tertiary/aromatic N) is 1. The van der Waals surface area contributed by atoms with Crippen molar-refractivity contribution in [2.45, 2.75) is 25.7 Å². The number of hydrogen-bond donors (Lipinski definition) is 3. The number of nitrogens with one attached hydrogen (secondary N) is 2. The van der Waals surface area contributed by atoms with Gasteiger partial charge >= 0.3 is 7.12 Å². The van der Waals surface area contributed by atoms with Crippen molar-refractivity contribution in [1.29, 1.82) is 0 Å². The Morgan fingerprint density at radius 3 is 2.88 bits per heavy atom. The Kier molecular flexibility index (Phi) is 4.54. The summed E-state index contributed by atoms with van der Waals surface area (Å²) in [5.74, 6) is 3.02. The second kappa shape index (κ2) is 6.72. The van der Waals surface area contributed by atoms with E-state index in [9.17, 15) is 13.4 Å². The number of rotatable bonds is 4. The number of aromatic nitrogens is 2. The summed E-state index contributed by atoms with van der Waals surface area (Å²) in [6.45, 7) is 0. The second-order valence-corrected chi connectivity index (χ2v) is 9.04. The van der Waals surface area contributed by atoms with Gasteiger partial charge in [0.2, 0.25) is 10.0 Å². The number of allylic oxidation sites excluding steroid dienone is 1. The number of sulfonamides is 1. The quantitative estimate of drug-likeness (QED) is 0.706. The Labute approximate surface area is 153 Å². The third-order valence-corrected chi connectivity index (χ3v) is 7.00. The third kappa shape index (κ3) is 3.26. The molecular formula is C17H22BN3O4S. The highest BCUT2D eigenvalue weighted by Gasteiger charge is 2.33. The first kappa shape index (κ1) is 17.6. The van der Waals surface area contributed by atoms with Crippen molar-refractivity contribution in [1.82, 2.24) is 14.7 Å². The van der Waals surface area contributed by atoms with Gasteiger partial charge in [0.25, 0.3) is 0 Å². The standard InChI is InChI=1S/C17H22BN3O4S/c1-19-26(23,24)10-11-2-4-12(5-3-11)14-8-18(22)25-15-9-21-17-13(16(14)15)6-7-20-17/h6-9,11-12,19,22H,2-5,10H2,1H3,(H,20,21). The van der Waals surface area contributed by atoms with Crippen LogP contribution in [0.1, 0.15) is 31.2 Å². The molecule has 1 aliphatic carbocycles. The van der Waals surface area contributed by atoms with E-state index in [4.69, 9.17) is 4.65 Å². The van der Waals surface area contributed by atoms with Crippen molar-refractivity contribution >= 4 is 33.7 Å². The minimum Gasteiger partial charge on any atom is -0.531 e. The van der Waals surface area contributed by atoms with Gasteiger partial charge in [-0.3, -0.25) is 0 Å². The number of aromatic amines is 1. The highest BCUT2D eigenvalue weighted by atomic mass is 32.2. The first-order valence-electron chi connectivity index (χ1n) is 8.91. The molecule has 4 rings (SSSR count). The van der Waals surface area contributed by atoms with Crippen LogP contribution in [0, 0.1) is 11.8 Å². The summed E-state index contributed by atoms with van der Waals surface area (Å²) < 4.78 is 31.5. The lowest BCUT2D eigenvalue weighted by atomic mass is 9.71.